The number of nitrogen functional groups attached to an aromatic ring is 1. The molecule has 2 nitrogen and oxygen atoms in total. The first-order valence-electron chi connectivity index (χ1n) is 4.35. The van der Waals surface area contributed by atoms with E-state index in [1.165, 1.54) is 0 Å². The van der Waals surface area contributed by atoms with Gasteiger partial charge in [0.2, 0.25) is 0 Å². The minimum absolute atomic E-state index is 0.653. The number of pyridine rings is 1. The summed E-state index contributed by atoms with van der Waals surface area (Å²) < 4.78 is 0.776. The molecule has 76 valence electrons. The van der Waals surface area contributed by atoms with E-state index in [4.69, 9.17) is 17.3 Å². The van der Waals surface area contributed by atoms with E-state index in [0.717, 1.165) is 15.7 Å². The van der Waals surface area contributed by atoms with Crippen LogP contribution in [0.25, 0.3) is 11.3 Å². The van der Waals surface area contributed by atoms with Gasteiger partial charge in [0.25, 0.3) is 0 Å². The van der Waals surface area contributed by atoms with Crippen molar-refractivity contribution in [2.45, 2.75) is 0 Å². The molecule has 4 heteroatoms. The Morgan fingerprint density at radius 1 is 1.20 bits per heavy atom. The fraction of sp³-hybridized carbons (Fsp3) is 0. The third kappa shape index (κ3) is 1.98. The number of anilines is 1. The number of benzene rings is 1. The highest BCUT2D eigenvalue weighted by atomic mass is 79.9. The zero-order valence-corrected chi connectivity index (χ0v) is 10.1. The summed E-state index contributed by atoms with van der Waals surface area (Å²) in [7, 11) is 0. The first-order chi connectivity index (χ1) is 7.20. The molecule has 0 amide bonds. The highest BCUT2D eigenvalue weighted by Crippen LogP contribution is 2.34. The Morgan fingerprint density at radius 3 is 2.67 bits per heavy atom. The molecule has 0 atom stereocenters. The molecule has 15 heavy (non-hydrogen) atoms. The van der Waals surface area contributed by atoms with Crippen LogP contribution >= 0.6 is 27.5 Å². The Labute approximate surface area is 101 Å². The van der Waals surface area contributed by atoms with E-state index in [2.05, 4.69) is 20.9 Å². The summed E-state index contributed by atoms with van der Waals surface area (Å²) in [6.07, 6.45) is 1.67. The van der Waals surface area contributed by atoms with E-state index < -0.39 is 0 Å². The molecule has 0 aliphatic rings. The Kier molecular flexibility index (Phi) is 2.93. The van der Waals surface area contributed by atoms with E-state index in [1.807, 2.05) is 24.3 Å². The summed E-state index contributed by atoms with van der Waals surface area (Å²) in [5.74, 6) is 0. The fourth-order valence-electron chi connectivity index (χ4n) is 1.30. The molecule has 0 unspecified atom stereocenters. The number of nitrogens with two attached hydrogens (primary N) is 1. The van der Waals surface area contributed by atoms with Crippen molar-refractivity contribution in [2.24, 2.45) is 0 Å². The monoisotopic (exact) mass is 282 g/mol. The third-order valence-corrected chi connectivity index (χ3v) is 3.21. The van der Waals surface area contributed by atoms with Gasteiger partial charge >= 0.3 is 0 Å². The van der Waals surface area contributed by atoms with Crippen LogP contribution in [0.15, 0.2) is 41.0 Å². The zero-order valence-electron chi connectivity index (χ0n) is 7.74. The van der Waals surface area contributed by atoms with E-state index in [0.29, 0.717) is 10.7 Å². The van der Waals surface area contributed by atoms with Gasteiger partial charge in [0.05, 0.1) is 10.2 Å². The van der Waals surface area contributed by atoms with Crippen molar-refractivity contribution >= 4 is 33.2 Å². The van der Waals surface area contributed by atoms with E-state index in [9.17, 15) is 0 Å². The summed E-state index contributed by atoms with van der Waals surface area (Å²) in [4.78, 5) is 4.26. The van der Waals surface area contributed by atoms with Crippen molar-refractivity contribution in [3.63, 3.8) is 0 Å². The molecule has 0 bridgehead atoms. The van der Waals surface area contributed by atoms with Gasteiger partial charge in [-0.1, -0.05) is 29.8 Å². The van der Waals surface area contributed by atoms with Crippen LogP contribution in [0.1, 0.15) is 0 Å². The van der Waals surface area contributed by atoms with E-state index in [1.54, 1.807) is 12.3 Å². The lowest BCUT2D eigenvalue weighted by molar-refractivity contribution is 1.31. The van der Waals surface area contributed by atoms with Crippen LogP contribution in [0.4, 0.5) is 5.69 Å². The molecule has 0 fully saturated rings. The van der Waals surface area contributed by atoms with Gasteiger partial charge in [0.15, 0.2) is 0 Å². The molecule has 2 N–H and O–H groups in total. The SMILES string of the molecule is Nc1ccnc(-c2ccccc2Cl)c1Br. The number of halogens is 2. The molecule has 0 spiro atoms. The first kappa shape index (κ1) is 10.5. The average molecular weight is 284 g/mol. The summed E-state index contributed by atoms with van der Waals surface area (Å²) in [6.45, 7) is 0. The van der Waals surface area contributed by atoms with Crippen LogP contribution in [-0.4, -0.2) is 4.98 Å². The average Bonchev–Trinajstić information content (AvgIpc) is 2.23. The standard InChI is InChI=1S/C11H8BrClN2/c12-10-9(14)5-6-15-11(10)7-3-1-2-4-8(7)13/h1-6H,(H2,14,15). The minimum atomic E-state index is 0.653. The molecule has 0 saturated carbocycles. The molecule has 1 aromatic carbocycles. The van der Waals surface area contributed by atoms with Crippen molar-refractivity contribution in [2.75, 3.05) is 5.73 Å². The molecule has 0 aliphatic carbocycles. The van der Waals surface area contributed by atoms with E-state index in [-0.39, 0.29) is 0 Å². The normalized spacial score (nSPS) is 10.3. The first-order valence-corrected chi connectivity index (χ1v) is 5.52. The van der Waals surface area contributed by atoms with Crippen molar-refractivity contribution in [3.8, 4) is 11.3 Å². The quantitative estimate of drug-likeness (QED) is 0.866. The molecule has 1 heterocycles. The van der Waals surface area contributed by atoms with Crippen LogP contribution < -0.4 is 5.73 Å². The molecule has 2 rings (SSSR count). The Balaban J connectivity index is 2.65. The van der Waals surface area contributed by atoms with Gasteiger partial charge in [-0.3, -0.25) is 4.98 Å². The molecule has 0 radical (unpaired) electrons. The molecule has 0 aliphatic heterocycles. The summed E-state index contributed by atoms with van der Waals surface area (Å²) in [6, 6.07) is 9.28. The predicted octanol–water partition coefficient (Wildman–Crippen LogP) is 3.75. The molecular formula is C11H8BrClN2. The van der Waals surface area contributed by atoms with Crippen LogP contribution in [0.2, 0.25) is 5.02 Å². The smallest absolute Gasteiger partial charge is 0.0879 e. The molecule has 0 saturated heterocycles. The number of hydrogen-bond acceptors (Lipinski definition) is 2. The number of nitrogens with zero attached hydrogens (tertiary/aromatic N) is 1. The van der Waals surface area contributed by atoms with Crippen molar-refractivity contribution in [1.29, 1.82) is 0 Å². The second kappa shape index (κ2) is 4.21. The largest absolute Gasteiger partial charge is 0.398 e. The lowest BCUT2D eigenvalue weighted by atomic mass is 10.1. The van der Waals surface area contributed by atoms with Crippen molar-refractivity contribution in [1.82, 2.24) is 4.98 Å². The molecule has 2 aromatic rings. The molecule has 1 aromatic heterocycles. The van der Waals surface area contributed by atoms with Crippen LogP contribution in [0, 0.1) is 0 Å². The topological polar surface area (TPSA) is 38.9 Å². The Hall–Kier alpha value is -1.06. The van der Waals surface area contributed by atoms with Crippen molar-refractivity contribution in [3.05, 3.63) is 46.0 Å². The van der Waals surface area contributed by atoms with Gasteiger partial charge in [-0.25, -0.2) is 0 Å². The second-order valence-corrected chi connectivity index (χ2v) is 4.24. The Morgan fingerprint density at radius 2 is 1.93 bits per heavy atom. The van der Waals surface area contributed by atoms with Crippen LogP contribution in [-0.2, 0) is 0 Å². The van der Waals surface area contributed by atoms with Gasteiger partial charge in [0, 0.05) is 22.5 Å². The van der Waals surface area contributed by atoms with Gasteiger partial charge in [-0.2, -0.15) is 0 Å². The highest BCUT2D eigenvalue weighted by Gasteiger charge is 2.09. The van der Waals surface area contributed by atoms with Crippen LogP contribution in [0.5, 0.6) is 0 Å². The fourth-order valence-corrected chi connectivity index (χ4v) is 1.97. The number of hydrogen-bond donors (Lipinski definition) is 1. The summed E-state index contributed by atoms with van der Waals surface area (Å²) in [5, 5.41) is 0.663. The maximum atomic E-state index is 6.08. The molecular weight excluding hydrogens is 275 g/mol. The zero-order chi connectivity index (χ0) is 10.8. The lowest BCUT2D eigenvalue weighted by Gasteiger charge is -2.07. The van der Waals surface area contributed by atoms with Crippen molar-refractivity contribution < 1.29 is 0 Å². The van der Waals surface area contributed by atoms with Gasteiger partial charge in [-0.15, -0.1) is 0 Å². The summed E-state index contributed by atoms with van der Waals surface area (Å²) in [5.41, 5.74) is 8.07. The second-order valence-electron chi connectivity index (χ2n) is 3.04. The predicted molar refractivity (Wildman–Crippen MR) is 66.8 cm³/mol. The summed E-state index contributed by atoms with van der Waals surface area (Å²) >= 11 is 9.49. The van der Waals surface area contributed by atoms with Crippen LogP contribution in [0.3, 0.4) is 0 Å². The Bertz CT molecular complexity index is 500. The highest BCUT2D eigenvalue weighted by molar-refractivity contribution is 9.10. The maximum absolute atomic E-state index is 6.08. The number of aromatic nitrogens is 1. The van der Waals surface area contributed by atoms with Gasteiger partial charge in [0.1, 0.15) is 0 Å². The maximum Gasteiger partial charge on any atom is 0.0879 e. The number of rotatable bonds is 1. The van der Waals surface area contributed by atoms with E-state index >= 15 is 0 Å². The minimum Gasteiger partial charge on any atom is -0.398 e. The van der Waals surface area contributed by atoms with Gasteiger partial charge < -0.3 is 5.73 Å². The lowest BCUT2D eigenvalue weighted by Crippen LogP contribution is -1.92. The van der Waals surface area contributed by atoms with Gasteiger partial charge in [-0.05, 0) is 28.1 Å². The third-order valence-electron chi connectivity index (χ3n) is 2.05.